The Labute approximate surface area is 118 Å². The second kappa shape index (κ2) is 5.43. The molecule has 1 atom stereocenters. The lowest BCUT2D eigenvalue weighted by Crippen LogP contribution is -2.57. The van der Waals surface area contributed by atoms with Crippen LogP contribution < -0.4 is 10.6 Å². The largest absolute Gasteiger partial charge is 0.358 e. The lowest BCUT2D eigenvalue weighted by Gasteiger charge is -2.45. The molecule has 3 fully saturated rings. The molecule has 3 aliphatic heterocycles. The van der Waals surface area contributed by atoms with E-state index in [2.05, 4.69) is 15.5 Å². The van der Waals surface area contributed by atoms with Crippen molar-refractivity contribution in [1.82, 2.24) is 10.2 Å². The van der Waals surface area contributed by atoms with E-state index in [4.69, 9.17) is 12.2 Å². The summed E-state index contributed by atoms with van der Waals surface area (Å²) in [6.45, 7) is 3.53. The van der Waals surface area contributed by atoms with E-state index in [1.54, 1.807) is 12.1 Å². The van der Waals surface area contributed by atoms with Crippen LogP contribution in [0.4, 0.5) is 10.1 Å². The lowest BCUT2D eigenvalue weighted by molar-refractivity contribution is 0.0815. The molecule has 4 rings (SSSR count). The minimum atomic E-state index is -0.234. The van der Waals surface area contributed by atoms with E-state index >= 15 is 0 Å². The van der Waals surface area contributed by atoms with Crippen LogP contribution in [-0.4, -0.2) is 35.7 Å². The molecule has 1 aromatic rings. The van der Waals surface area contributed by atoms with Gasteiger partial charge in [0.25, 0.3) is 0 Å². The molecule has 3 aliphatic rings. The Kier molecular flexibility index (Phi) is 3.66. The van der Waals surface area contributed by atoms with Gasteiger partial charge in [-0.3, -0.25) is 0 Å². The molecule has 2 bridgehead atoms. The van der Waals surface area contributed by atoms with Crippen LogP contribution in [-0.2, 0) is 0 Å². The van der Waals surface area contributed by atoms with Crippen molar-refractivity contribution in [3.05, 3.63) is 30.1 Å². The highest BCUT2D eigenvalue weighted by atomic mass is 32.1. The topological polar surface area (TPSA) is 27.3 Å². The van der Waals surface area contributed by atoms with Crippen molar-refractivity contribution < 1.29 is 4.39 Å². The molecule has 3 saturated heterocycles. The van der Waals surface area contributed by atoms with E-state index in [0.29, 0.717) is 11.2 Å². The molecule has 2 N–H and O–H groups in total. The van der Waals surface area contributed by atoms with Crippen LogP contribution in [0.3, 0.4) is 0 Å². The summed E-state index contributed by atoms with van der Waals surface area (Å²) in [6, 6.07) is 6.70. The molecule has 3 heterocycles. The van der Waals surface area contributed by atoms with Crippen LogP contribution in [0.2, 0.25) is 0 Å². The third-order valence-corrected chi connectivity index (χ3v) is 4.29. The van der Waals surface area contributed by atoms with Crippen LogP contribution in [0.25, 0.3) is 0 Å². The van der Waals surface area contributed by atoms with E-state index in [1.165, 1.54) is 38.1 Å². The first-order valence-corrected chi connectivity index (χ1v) is 7.17. The number of thiocarbonyl (C=S) groups is 1. The van der Waals surface area contributed by atoms with E-state index in [1.807, 2.05) is 0 Å². The Morgan fingerprint density at radius 1 is 1.21 bits per heavy atom. The zero-order chi connectivity index (χ0) is 13.2. The van der Waals surface area contributed by atoms with E-state index in [-0.39, 0.29) is 5.82 Å². The normalized spacial score (nSPS) is 29.0. The monoisotopic (exact) mass is 279 g/mol. The second-order valence-corrected chi connectivity index (χ2v) is 5.76. The van der Waals surface area contributed by atoms with Crippen molar-refractivity contribution in [2.75, 3.05) is 25.0 Å². The number of rotatable bonds is 2. The number of halogens is 1. The molecule has 0 spiro atoms. The van der Waals surface area contributed by atoms with Crippen molar-refractivity contribution in [2.24, 2.45) is 5.92 Å². The molecular formula is C14H18FN3S. The van der Waals surface area contributed by atoms with Crippen molar-refractivity contribution in [3.8, 4) is 0 Å². The fourth-order valence-corrected chi connectivity index (χ4v) is 3.27. The lowest BCUT2D eigenvalue weighted by atomic mass is 9.84. The van der Waals surface area contributed by atoms with Gasteiger partial charge in [-0.1, -0.05) is 0 Å². The number of anilines is 1. The number of hydrogen-bond donors (Lipinski definition) is 2. The summed E-state index contributed by atoms with van der Waals surface area (Å²) in [7, 11) is 0. The first-order chi connectivity index (χ1) is 9.20. The molecule has 0 unspecified atom stereocenters. The van der Waals surface area contributed by atoms with Gasteiger partial charge in [0.1, 0.15) is 5.82 Å². The molecule has 0 saturated carbocycles. The molecular weight excluding hydrogens is 261 g/mol. The van der Waals surface area contributed by atoms with Gasteiger partial charge in [-0.15, -0.1) is 0 Å². The summed E-state index contributed by atoms with van der Waals surface area (Å²) < 4.78 is 12.8. The predicted molar refractivity (Wildman–Crippen MR) is 78.7 cm³/mol. The molecule has 19 heavy (non-hydrogen) atoms. The van der Waals surface area contributed by atoms with Crippen LogP contribution >= 0.6 is 12.2 Å². The molecule has 0 radical (unpaired) electrons. The third kappa shape index (κ3) is 3.04. The molecule has 0 amide bonds. The van der Waals surface area contributed by atoms with E-state index < -0.39 is 0 Å². The van der Waals surface area contributed by atoms with Crippen molar-refractivity contribution in [1.29, 1.82) is 0 Å². The van der Waals surface area contributed by atoms with Gasteiger partial charge in [0.2, 0.25) is 0 Å². The first kappa shape index (κ1) is 12.8. The minimum Gasteiger partial charge on any atom is -0.358 e. The molecule has 0 aromatic heterocycles. The number of piperidine rings is 3. The summed E-state index contributed by atoms with van der Waals surface area (Å²) in [5, 5.41) is 7.14. The second-order valence-electron chi connectivity index (χ2n) is 5.35. The number of nitrogens with one attached hydrogen (secondary N) is 2. The van der Waals surface area contributed by atoms with Crippen LogP contribution in [0.15, 0.2) is 24.3 Å². The van der Waals surface area contributed by atoms with E-state index in [0.717, 1.165) is 18.2 Å². The maximum absolute atomic E-state index is 12.8. The minimum absolute atomic E-state index is 0.234. The Morgan fingerprint density at radius 3 is 2.47 bits per heavy atom. The summed E-state index contributed by atoms with van der Waals surface area (Å²) in [5.41, 5.74) is 0.820. The smallest absolute Gasteiger partial charge is 0.171 e. The molecule has 102 valence electrons. The Morgan fingerprint density at radius 2 is 1.89 bits per heavy atom. The fourth-order valence-electron chi connectivity index (χ4n) is 3.00. The van der Waals surface area contributed by atoms with Gasteiger partial charge in [-0.05, 0) is 68.3 Å². The van der Waals surface area contributed by atoms with Gasteiger partial charge in [-0.2, -0.15) is 0 Å². The van der Waals surface area contributed by atoms with Gasteiger partial charge in [0.15, 0.2) is 5.11 Å². The highest BCUT2D eigenvalue weighted by molar-refractivity contribution is 7.80. The highest BCUT2D eigenvalue weighted by Gasteiger charge is 2.34. The zero-order valence-corrected chi connectivity index (χ0v) is 11.5. The van der Waals surface area contributed by atoms with Crippen molar-refractivity contribution in [2.45, 2.75) is 18.9 Å². The predicted octanol–water partition coefficient (Wildman–Crippen LogP) is 2.21. The van der Waals surface area contributed by atoms with Crippen LogP contribution in [0.5, 0.6) is 0 Å². The number of hydrogen-bond acceptors (Lipinski definition) is 2. The van der Waals surface area contributed by atoms with Crippen LogP contribution in [0, 0.1) is 11.7 Å². The molecule has 1 aromatic carbocycles. The zero-order valence-electron chi connectivity index (χ0n) is 10.7. The van der Waals surface area contributed by atoms with Gasteiger partial charge in [0, 0.05) is 18.3 Å². The van der Waals surface area contributed by atoms with Gasteiger partial charge < -0.3 is 15.5 Å². The SMILES string of the molecule is Fc1ccc(NC(=S)N[C@H]2CN3CCC2CC3)cc1. The standard InChI is InChI=1S/C14H18FN3S/c15-11-1-3-12(4-2-11)16-14(19)17-13-9-18-7-5-10(13)6-8-18/h1-4,10,13H,5-9H2,(H2,16,17,19)/t13-/m0/s1. The number of nitrogens with zero attached hydrogens (tertiary/aromatic N) is 1. The molecule has 5 heteroatoms. The quantitative estimate of drug-likeness (QED) is 0.812. The van der Waals surface area contributed by atoms with Gasteiger partial charge in [-0.25, -0.2) is 4.39 Å². The average molecular weight is 279 g/mol. The fraction of sp³-hybridized carbons (Fsp3) is 0.500. The Hall–Kier alpha value is -1.20. The summed E-state index contributed by atoms with van der Waals surface area (Å²) in [6.07, 6.45) is 2.52. The summed E-state index contributed by atoms with van der Waals surface area (Å²) >= 11 is 5.33. The third-order valence-electron chi connectivity index (χ3n) is 4.07. The van der Waals surface area contributed by atoms with Crippen molar-refractivity contribution >= 4 is 23.0 Å². The maximum Gasteiger partial charge on any atom is 0.171 e. The van der Waals surface area contributed by atoms with Gasteiger partial charge in [0.05, 0.1) is 0 Å². The van der Waals surface area contributed by atoms with Gasteiger partial charge >= 0.3 is 0 Å². The molecule has 0 aliphatic carbocycles. The maximum atomic E-state index is 12.8. The summed E-state index contributed by atoms with van der Waals surface area (Å²) in [4.78, 5) is 2.48. The van der Waals surface area contributed by atoms with E-state index in [9.17, 15) is 4.39 Å². The van der Waals surface area contributed by atoms with Crippen LogP contribution in [0.1, 0.15) is 12.8 Å². The molecule has 3 nitrogen and oxygen atoms in total. The summed E-state index contributed by atoms with van der Waals surface area (Å²) in [5.74, 6) is 0.500. The Bertz CT molecular complexity index is 454. The number of benzene rings is 1. The highest BCUT2D eigenvalue weighted by Crippen LogP contribution is 2.27. The number of fused-ring (bicyclic) bond motifs is 3. The first-order valence-electron chi connectivity index (χ1n) is 6.76. The Balaban J connectivity index is 1.55. The van der Waals surface area contributed by atoms with Crippen molar-refractivity contribution in [3.63, 3.8) is 0 Å². The average Bonchev–Trinajstić information content (AvgIpc) is 2.43.